The Hall–Kier alpha value is -1.81. The fourth-order valence-electron chi connectivity index (χ4n) is 2.12. The van der Waals surface area contributed by atoms with Crippen molar-refractivity contribution in [1.29, 1.82) is 0 Å². The molecule has 0 bridgehead atoms. The van der Waals surface area contributed by atoms with Crippen molar-refractivity contribution in [2.45, 2.75) is 20.0 Å². The summed E-state index contributed by atoms with van der Waals surface area (Å²) in [5, 5.41) is 0.419. The zero-order valence-electron chi connectivity index (χ0n) is 11.4. The molecule has 5 heteroatoms. The minimum Gasteiger partial charge on any atom is -0.289 e. The summed E-state index contributed by atoms with van der Waals surface area (Å²) in [6.07, 6.45) is -4.42. The molecule has 0 spiro atoms. The van der Waals surface area contributed by atoms with Crippen molar-refractivity contribution in [2.24, 2.45) is 0 Å². The summed E-state index contributed by atoms with van der Waals surface area (Å²) in [6.45, 7) is 3.28. The predicted octanol–water partition coefficient (Wildman–Crippen LogP) is 5.21. The number of rotatable bonds is 2. The van der Waals surface area contributed by atoms with Crippen molar-refractivity contribution in [1.82, 2.24) is 0 Å². The van der Waals surface area contributed by atoms with Gasteiger partial charge in [0.1, 0.15) is 0 Å². The van der Waals surface area contributed by atoms with Crippen LogP contribution in [-0.2, 0) is 6.18 Å². The second-order valence-corrected chi connectivity index (χ2v) is 5.31. The number of alkyl halides is 3. The van der Waals surface area contributed by atoms with Gasteiger partial charge in [0.2, 0.25) is 0 Å². The summed E-state index contributed by atoms with van der Waals surface area (Å²) in [7, 11) is 0. The van der Waals surface area contributed by atoms with E-state index in [0.29, 0.717) is 10.6 Å². The summed E-state index contributed by atoms with van der Waals surface area (Å²) < 4.78 is 37.9. The van der Waals surface area contributed by atoms with Gasteiger partial charge < -0.3 is 0 Å². The van der Waals surface area contributed by atoms with Gasteiger partial charge in [0.25, 0.3) is 0 Å². The van der Waals surface area contributed by atoms with Gasteiger partial charge in [-0.25, -0.2) is 0 Å². The second kappa shape index (κ2) is 5.53. The molecule has 0 amide bonds. The van der Waals surface area contributed by atoms with E-state index < -0.39 is 11.7 Å². The SMILES string of the molecule is Cc1cc(Cl)cc(C(=O)c2ccc(C(F)(F)F)cc2C)c1. The summed E-state index contributed by atoms with van der Waals surface area (Å²) in [5.74, 6) is -0.341. The summed E-state index contributed by atoms with van der Waals surface area (Å²) in [5.41, 5.74) is 0.939. The van der Waals surface area contributed by atoms with E-state index in [1.165, 1.54) is 19.1 Å². The van der Waals surface area contributed by atoms with Crippen molar-refractivity contribution in [3.05, 3.63) is 69.2 Å². The number of ketones is 1. The third-order valence-corrected chi connectivity index (χ3v) is 3.32. The highest BCUT2D eigenvalue weighted by molar-refractivity contribution is 6.31. The van der Waals surface area contributed by atoms with Crippen molar-refractivity contribution < 1.29 is 18.0 Å². The number of halogens is 4. The number of aryl methyl sites for hydroxylation is 2. The van der Waals surface area contributed by atoms with Crippen LogP contribution < -0.4 is 0 Å². The minimum atomic E-state index is -4.42. The molecule has 0 heterocycles. The Labute approximate surface area is 125 Å². The summed E-state index contributed by atoms with van der Waals surface area (Å²) >= 11 is 5.91. The van der Waals surface area contributed by atoms with Gasteiger partial charge in [-0.15, -0.1) is 0 Å². The van der Waals surface area contributed by atoms with Gasteiger partial charge in [0.15, 0.2) is 5.78 Å². The topological polar surface area (TPSA) is 17.1 Å². The monoisotopic (exact) mass is 312 g/mol. The first-order valence-corrected chi connectivity index (χ1v) is 6.56. The number of carbonyl (C=O) groups is 1. The summed E-state index contributed by atoms with van der Waals surface area (Å²) in [6, 6.07) is 7.97. The smallest absolute Gasteiger partial charge is 0.289 e. The molecule has 0 unspecified atom stereocenters. The quantitative estimate of drug-likeness (QED) is 0.696. The molecule has 2 rings (SSSR count). The zero-order valence-corrected chi connectivity index (χ0v) is 12.1. The molecule has 0 aliphatic rings. The van der Waals surface area contributed by atoms with Crippen LogP contribution in [-0.4, -0.2) is 5.78 Å². The molecular formula is C16H12ClF3O. The molecule has 1 nitrogen and oxygen atoms in total. The van der Waals surface area contributed by atoms with Crippen molar-refractivity contribution in [3.8, 4) is 0 Å². The van der Waals surface area contributed by atoms with Gasteiger partial charge in [-0.1, -0.05) is 17.7 Å². The van der Waals surface area contributed by atoms with Gasteiger partial charge in [-0.05, 0) is 55.3 Å². The van der Waals surface area contributed by atoms with Crippen LogP contribution in [0.25, 0.3) is 0 Å². The Kier molecular flexibility index (Phi) is 4.10. The van der Waals surface area contributed by atoms with Crippen LogP contribution in [0.4, 0.5) is 13.2 Å². The third-order valence-electron chi connectivity index (χ3n) is 3.10. The number of hydrogen-bond donors (Lipinski definition) is 0. The Morgan fingerprint density at radius 2 is 1.71 bits per heavy atom. The number of carbonyl (C=O) groups excluding carboxylic acids is 1. The fraction of sp³-hybridized carbons (Fsp3) is 0.188. The lowest BCUT2D eigenvalue weighted by molar-refractivity contribution is -0.137. The lowest BCUT2D eigenvalue weighted by atomic mass is 9.96. The van der Waals surface area contributed by atoms with E-state index in [1.54, 1.807) is 19.1 Å². The first kappa shape index (κ1) is 15.6. The minimum absolute atomic E-state index is 0.240. The van der Waals surface area contributed by atoms with Gasteiger partial charge >= 0.3 is 6.18 Å². The molecule has 0 saturated heterocycles. The van der Waals surface area contributed by atoms with E-state index in [4.69, 9.17) is 11.6 Å². The maximum Gasteiger partial charge on any atom is 0.416 e. The Bertz CT molecular complexity index is 685. The van der Waals surface area contributed by atoms with Crippen LogP contribution in [0.5, 0.6) is 0 Å². The Morgan fingerprint density at radius 1 is 1.05 bits per heavy atom. The average molecular weight is 313 g/mol. The van der Waals surface area contributed by atoms with E-state index in [9.17, 15) is 18.0 Å². The maximum atomic E-state index is 12.6. The highest BCUT2D eigenvalue weighted by Gasteiger charge is 2.31. The van der Waals surface area contributed by atoms with Crippen LogP contribution in [0, 0.1) is 13.8 Å². The fourth-order valence-corrected chi connectivity index (χ4v) is 2.41. The van der Waals surface area contributed by atoms with Crippen molar-refractivity contribution in [2.75, 3.05) is 0 Å². The van der Waals surface area contributed by atoms with E-state index in [2.05, 4.69) is 0 Å². The first-order chi connectivity index (χ1) is 9.68. The zero-order chi connectivity index (χ0) is 15.8. The summed E-state index contributed by atoms with van der Waals surface area (Å²) in [4.78, 5) is 12.4. The molecule has 0 aromatic heterocycles. The molecule has 2 aromatic rings. The maximum absolute atomic E-state index is 12.6. The predicted molar refractivity (Wildman–Crippen MR) is 75.8 cm³/mol. The molecule has 0 saturated carbocycles. The number of hydrogen-bond acceptors (Lipinski definition) is 1. The first-order valence-electron chi connectivity index (χ1n) is 6.18. The average Bonchev–Trinajstić information content (AvgIpc) is 2.35. The van der Waals surface area contributed by atoms with Crippen LogP contribution in [0.3, 0.4) is 0 Å². The van der Waals surface area contributed by atoms with Crippen molar-refractivity contribution >= 4 is 17.4 Å². The van der Waals surface area contributed by atoms with Crippen LogP contribution in [0.15, 0.2) is 36.4 Å². The lowest BCUT2D eigenvalue weighted by Gasteiger charge is -2.11. The van der Waals surface area contributed by atoms with E-state index >= 15 is 0 Å². The molecule has 0 N–H and O–H groups in total. The van der Waals surface area contributed by atoms with Gasteiger partial charge in [-0.3, -0.25) is 4.79 Å². The highest BCUT2D eigenvalue weighted by Crippen LogP contribution is 2.31. The molecule has 2 aromatic carbocycles. The van der Waals surface area contributed by atoms with Gasteiger partial charge in [-0.2, -0.15) is 13.2 Å². The van der Waals surface area contributed by atoms with Crippen molar-refractivity contribution in [3.63, 3.8) is 0 Å². The van der Waals surface area contributed by atoms with Gasteiger partial charge in [0, 0.05) is 16.1 Å². The molecule has 0 aliphatic carbocycles. The normalized spacial score (nSPS) is 11.5. The Morgan fingerprint density at radius 3 is 2.24 bits per heavy atom. The van der Waals surface area contributed by atoms with Gasteiger partial charge in [0.05, 0.1) is 5.56 Å². The molecule has 110 valence electrons. The second-order valence-electron chi connectivity index (χ2n) is 4.87. The lowest BCUT2D eigenvalue weighted by Crippen LogP contribution is -2.09. The standard InChI is InChI=1S/C16H12ClF3O/c1-9-5-11(8-13(17)6-9)15(21)14-4-3-12(7-10(14)2)16(18,19)20/h3-8H,1-2H3. The van der Waals surface area contributed by atoms with Crippen LogP contribution in [0.1, 0.15) is 32.6 Å². The molecular weight excluding hydrogens is 301 g/mol. The van der Waals surface area contributed by atoms with Crippen LogP contribution in [0.2, 0.25) is 5.02 Å². The van der Waals surface area contributed by atoms with E-state index in [1.807, 2.05) is 0 Å². The largest absolute Gasteiger partial charge is 0.416 e. The van der Waals surface area contributed by atoms with Crippen LogP contribution >= 0.6 is 11.6 Å². The van der Waals surface area contributed by atoms with E-state index in [0.717, 1.165) is 17.7 Å². The molecule has 0 aliphatic heterocycles. The number of benzene rings is 2. The molecule has 21 heavy (non-hydrogen) atoms. The molecule has 0 fully saturated rings. The molecule has 0 radical (unpaired) electrons. The third kappa shape index (κ3) is 3.45. The van der Waals surface area contributed by atoms with E-state index in [-0.39, 0.29) is 16.9 Å². The Balaban J connectivity index is 2.44. The molecule has 0 atom stereocenters. The highest BCUT2D eigenvalue weighted by atomic mass is 35.5.